The maximum atomic E-state index is 11.8. The molecule has 0 aliphatic rings. The van der Waals surface area contributed by atoms with Gasteiger partial charge in [0.25, 0.3) is 5.69 Å². The third kappa shape index (κ3) is 5.56. The van der Waals surface area contributed by atoms with Crippen LogP contribution in [0, 0.1) is 10.1 Å². The monoisotopic (exact) mass is 336 g/mol. The molecule has 0 unspecified atom stereocenters. The van der Waals surface area contributed by atoms with Crippen molar-refractivity contribution in [2.24, 2.45) is 0 Å². The molecule has 0 spiro atoms. The smallest absolute Gasteiger partial charge is 0.305 e. The Balaban J connectivity index is 2.77. The molecule has 21 heavy (non-hydrogen) atoms. The van der Waals surface area contributed by atoms with Crippen molar-refractivity contribution >= 4 is 39.0 Å². The van der Waals surface area contributed by atoms with Crippen molar-refractivity contribution in [2.75, 3.05) is 17.6 Å². The highest BCUT2D eigenvalue weighted by molar-refractivity contribution is 7.92. The minimum absolute atomic E-state index is 0.0390. The molecule has 0 saturated carbocycles. The number of methoxy groups -OCH3 is 1. The SMILES string of the molecule is COC(=O)CCCS(=O)(=O)Nc1cc([N+](=O)[O-])ccc1Cl. The maximum absolute atomic E-state index is 11.8. The van der Waals surface area contributed by atoms with Crippen molar-refractivity contribution in [3.05, 3.63) is 33.3 Å². The summed E-state index contributed by atoms with van der Waals surface area (Å²) in [6.07, 6.45) is 0.0225. The van der Waals surface area contributed by atoms with Gasteiger partial charge in [-0.15, -0.1) is 0 Å². The Hall–Kier alpha value is -1.87. The number of halogens is 1. The molecule has 0 saturated heterocycles. The van der Waals surface area contributed by atoms with Crippen molar-refractivity contribution in [3.63, 3.8) is 0 Å². The lowest BCUT2D eigenvalue weighted by Gasteiger charge is -2.09. The zero-order valence-corrected chi connectivity index (χ0v) is 12.6. The van der Waals surface area contributed by atoms with Gasteiger partial charge in [0.15, 0.2) is 0 Å². The quantitative estimate of drug-likeness (QED) is 0.462. The van der Waals surface area contributed by atoms with Gasteiger partial charge in [-0.1, -0.05) is 11.6 Å². The minimum Gasteiger partial charge on any atom is -0.469 e. The Morgan fingerprint density at radius 3 is 2.71 bits per heavy atom. The summed E-state index contributed by atoms with van der Waals surface area (Å²) in [5.74, 6) is -0.847. The Bertz CT molecular complexity index is 646. The molecule has 0 aromatic heterocycles. The first-order valence-corrected chi connectivity index (χ1v) is 7.79. The van der Waals surface area contributed by atoms with Crippen molar-refractivity contribution in [2.45, 2.75) is 12.8 Å². The Morgan fingerprint density at radius 2 is 2.14 bits per heavy atom. The molecule has 1 aromatic rings. The number of benzene rings is 1. The van der Waals surface area contributed by atoms with Gasteiger partial charge in [0, 0.05) is 18.6 Å². The predicted molar refractivity (Wildman–Crippen MR) is 76.8 cm³/mol. The molecular formula is C11H13ClN2O6S. The van der Waals surface area contributed by atoms with E-state index in [0.29, 0.717) is 0 Å². The molecule has 0 bridgehead atoms. The molecule has 116 valence electrons. The zero-order valence-electron chi connectivity index (χ0n) is 11.0. The number of non-ortho nitro benzene ring substituents is 1. The van der Waals surface area contributed by atoms with Gasteiger partial charge in [0.05, 0.1) is 28.5 Å². The summed E-state index contributed by atoms with van der Waals surface area (Å²) < 4.78 is 30.2. The van der Waals surface area contributed by atoms with Crippen LogP contribution in [0.5, 0.6) is 0 Å². The van der Waals surface area contributed by atoms with Crippen molar-refractivity contribution in [1.82, 2.24) is 0 Å². The van der Waals surface area contributed by atoms with Crippen LogP contribution in [-0.2, 0) is 19.6 Å². The van der Waals surface area contributed by atoms with Crippen LogP contribution in [0.4, 0.5) is 11.4 Å². The molecule has 0 heterocycles. The summed E-state index contributed by atoms with van der Waals surface area (Å²) in [4.78, 5) is 20.9. The molecule has 0 aliphatic carbocycles. The topological polar surface area (TPSA) is 116 Å². The molecule has 8 nitrogen and oxygen atoms in total. The number of carbonyl (C=O) groups excluding carboxylic acids is 1. The number of nitrogens with one attached hydrogen (secondary N) is 1. The second-order valence-corrected chi connectivity index (χ2v) is 6.27. The van der Waals surface area contributed by atoms with Gasteiger partial charge in [0.2, 0.25) is 10.0 Å². The van der Waals surface area contributed by atoms with Gasteiger partial charge in [-0.05, 0) is 12.5 Å². The summed E-state index contributed by atoms with van der Waals surface area (Å²) in [7, 11) is -2.56. The normalized spacial score (nSPS) is 11.0. The number of nitrogens with zero attached hydrogens (tertiary/aromatic N) is 1. The molecule has 0 atom stereocenters. The van der Waals surface area contributed by atoms with Gasteiger partial charge in [-0.25, -0.2) is 8.42 Å². The van der Waals surface area contributed by atoms with Gasteiger partial charge < -0.3 is 4.74 Å². The van der Waals surface area contributed by atoms with Gasteiger partial charge in [0.1, 0.15) is 0 Å². The third-order valence-corrected chi connectivity index (χ3v) is 4.13. The van der Waals surface area contributed by atoms with Gasteiger partial charge in [-0.2, -0.15) is 0 Å². The molecule has 1 N–H and O–H groups in total. The summed E-state index contributed by atoms with van der Waals surface area (Å²) in [5, 5.41) is 10.7. The molecular weight excluding hydrogens is 324 g/mol. The lowest BCUT2D eigenvalue weighted by atomic mass is 10.3. The number of hydrogen-bond acceptors (Lipinski definition) is 6. The van der Waals surface area contributed by atoms with Crippen molar-refractivity contribution in [1.29, 1.82) is 0 Å². The van der Waals surface area contributed by atoms with Crippen LogP contribution in [0.2, 0.25) is 5.02 Å². The van der Waals surface area contributed by atoms with Crippen LogP contribution < -0.4 is 4.72 Å². The first-order valence-electron chi connectivity index (χ1n) is 5.76. The van der Waals surface area contributed by atoms with Crippen LogP contribution >= 0.6 is 11.6 Å². The number of nitro groups is 1. The van der Waals surface area contributed by atoms with E-state index < -0.39 is 20.9 Å². The van der Waals surface area contributed by atoms with E-state index in [-0.39, 0.29) is 35.0 Å². The molecule has 0 aliphatic heterocycles. The fraction of sp³-hybridized carbons (Fsp3) is 0.364. The highest BCUT2D eigenvalue weighted by atomic mass is 35.5. The number of sulfonamides is 1. The summed E-state index contributed by atoms with van der Waals surface area (Å²) in [6.45, 7) is 0. The zero-order chi connectivity index (χ0) is 16.0. The number of rotatable bonds is 7. The van der Waals surface area contributed by atoms with E-state index in [1.165, 1.54) is 13.2 Å². The highest BCUT2D eigenvalue weighted by Gasteiger charge is 2.16. The average molecular weight is 337 g/mol. The largest absolute Gasteiger partial charge is 0.469 e. The standard InChI is InChI=1S/C11H13ClN2O6S/c1-20-11(15)3-2-6-21(18,19)13-10-7-8(14(16)17)4-5-9(10)12/h4-5,7,13H,2-3,6H2,1H3. The second kappa shape index (κ2) is 7.23. The lowest BCUT2D eigenvalue weighted by Crippen LogP contribution is -2.18. The fourth-order valence-corrected chi connectivity index (χ4v) is 2.78. The van der Waals surface area contributed by atoms with Crippen LogP contribution in [0.3, 0.4) is 0 Å². The number of carbonyl (C=O) groups is 1. The Kier molecular flexibility index (Phi) is 5.91. The predicted octanol–water partition coefficient (Wildman–Crippen LogP) is 1.94. The van der Waals surface area contributed by atoms with E-state index in [1.807, 2.05) is 0 Å². The van der Waals surface area contributed by atoms with Gasteiger partial charge >= 0.3 is 5.97 Å². The van der Waals surface area contributed by atoms with Crippen molar-refractivity contribution < 1.29 is 22.9 Å². The molecule has 1 rings (SSSR count). The summed E-state index contributed by atoms with van der Waals surface area (Å²) in [5.41, 5.74) is -0.365. The summed E-state index contributed by atoms with van der Waals surface area (Å²) >= 11 is 5.79. The molecule has 0 fully saturated rings. The van der Waals surface area contributed by atoms with E-state index >= 15 is 0 Å². The van der Waals surface area contributed by atoms with E-state index in [9.17, 15) is 23.3 Å². The first-order chi connectivity index (χ1) is 9.75. The molecule has 0 radical (unpaired) electrons. The highest BCUT2D eigenvalue weighted by Crippen LogP contribution is 2.27. The molecule has 10 heteroatoms. The Labute approximate surface area is 126 Å². The van der Waals surface area contributed by atoms with E-state index in [0.717, 1.165) is 12.1 Å². The number of anilines is 1. The lowest BCUT2D eigenvalue weighted by molar-refractivity contribution is -0.384. The fourth-order valence-electron chi connectivity index (χ4n) is 1.43. The minimum atomic E-state index is -3.77. The Morgan fingerprint density at radius 1 is 1.48 bits per heavy atom. The first kappa shape index (κ1) is 17.2. The van der Waals surface area contributed by atoms with E-state index in [4.69, 9.17) is 11.6 Å². The molecule has 1 aromatic carbocycles. The third-order valence-electron chi connectivity index (χ3n) is 2.45. The number of nitro benzene ring substituents is 1. The average Bonchev–Trinajstić information content (AvgIpc) is 2.40. The number of ether oxygens (including phenoxy) is 1. The van der Waals surface area contributed by atoms with Crippen LogP contribution in [-0.4, -0.2) is 32.2 Å². The maximum Gasteiger partial charge on any atom is 0.305 e. The van der Waals surface area contributed by atoms with Crippen molar-refractivity contribution in [3.8, 4) is 0 Å². The summed E-state index contributed by atoms with van der Waals surface area (Å²) in [6, 6.07) is 3.42. The molecule has 0 amide bonds. The van der Waals surface area contributed by atoms with Crippen LogP contribution in [0.25, 0.3) is 0 Å². The van der Waals surface area contributed by atoms with Crippen LogP contribution in [0.1, 0.15) is 12.8 Å². The second-order valence-electron chi connectivity index (χ2n) is 4.02. The number of esters is 1. The number of hydrogen-bond donors (Lipinski definition) is 1. The van der Waals surface area contributed by atoms with E-state index in [2.05, 4.69) is 9.46 Å². The van der Waals surface area contributed by atoms with Crippen LogP contribution in [0.15, 0.2) is 18.2 Å². The van der Waals surface area contributed by atoms with Gasteiger partial charge in [-0.3, -0.25) is 19.6 Å². The van der Waals surface area contributed by atoms with E-state index in [1.54, 1.807) is 0 Å².